The first-order chi connectivity index (χ1) is 8.86. The molecule has 0 saturated heterocycles. The van der Waals surface area contributed by atoms with Gasteiger partial charge in [0.1, 0.15) is 0 Å². The Morgan fingerprint density at radius 2 is 1.74 bits per heavy atom. The fourth-order valence-corrected chi connectivity index (χ4v) is 2.42. The lowest BCUT2D eigenvalue weighted by molar-refractivity contribution is -0.137. The number of likely N-dealkylation sites (N-methyl/N-ethyl adjacent to an activating group) is 1. The smallest absolute Gasteiger partial charge is 0.303 e. The maximum atomic E-state index is 12.5. The van der Waals surface area contributed by atoms with Crippen LogP contribution in [0.5, 0.6) is 0 Å². The zero-order chi connectivity index (χ0) is 14.6. The minimum atomic E-state index is -0.884. The van der Waals surface area contributed by atoms with Gasteiger partial charge in [0.15, 0.2) is 5.78 Å². The number of aliphatic carboxylic acids is 1. The SMILES string of the molecule is CNC(CCC(=O)O)C(=O)c1c(C)cc(C)cc1C. The van der Waals surface area contributed by atoms with Crippen LogP contribution in [-0.4, -0.2) is 29.9 Å². The number of nitrogens with one attached hydrogen (secondary N) is 1. The molecule has 1 aromatic rings. The van der Waals surface area contributed by atoms with Crippen LogP contribution >= 0.6 is 0 Å². The highest BCUT2D eigenvalue weighted by Crippen LogP contribution is 2.19. The zero-order valence-corrected chi connectivity index (χ0v) is 11.9. The average Bonchev–Trinajstić information content (AvgIpc) is 2.27. The Balaban J connectivity index is 3.01. The number of ketones is 1. The van der Waals surface area contributed by atoms with E-state index in [1.807, 2.05) is 32.9 Å². The first-order valence-electron chi connectivity index (χ1n) is 6.38. The van der Waals surface area contributed by atoms with Crippen molar-refractivity contribution in [3.05, 3.63) is 34.4 Å². The van der Waals surface area contributed by atoms with E-state index in [0.717, 1.165) is 16.7 Å². The van der Waals surface area contributed by atoms with E-state index < -0.39 is 12.0 Å². The molecule has 1 unspecified atom stereocenters. The van der Waals surface area contributed by atoms with Gasteiger partial charge >= 0.3 is 5.97 Å². The Hall–Kier alpha value is -1.68. The summed E-state index contributed by atoms with van der Waals surface area (Å²) in [5.41, 5.74) is 3.71. The Bertz CT molecular complexity index is 471. The summed E-state index contributed by atoms with van der Waals surface area (Å²) in [4.78, 5) is 23.1. The molecule has 0 bridgehead atoms. The van der Waals surface area contributed by atoms with Crippen molar-refractivity contribution in [3.8, 4) is 0 Å². The molecule has 0 aliphatic carbocycles. The molecular formula is C15H21NO3. The number of carbonyl (C=O) groups is 2. The molecule has 0 radical (unpaired) electrons. The molecule has 0 aliphatic heterocycles. The van der Waals surface area contributed by atoms with Gasteiger partial charge in [-0.25, -0.2) is 0 Å². The molecule has 1 rings (SSSR count). The van der Waals surface area contributed by atoms with E-state index in [4.69, 9.17) is 5.11 Å². The van der Waals surface area contributed by atoms with Crippen LogP contribution in [0.3, 0.4) is 0 Å². The van der Waals surface area contributed by atoms with Gasteiger partial charge in [-0.1, -0.05) is 17.7 Å². The molecule has 0 heterocycles. The summed E-state index contributed by atoms with van der Waals surface area (Å²) in [7, 11) is 1.68. The second kappa shape index (κ2) is 6.48. The van der Waals surface area contributed by atoms with Gasteiger partial charge in [0.05, 0.1) is 6.04 Å². The van der Waals surface area contributed by atoms with E-state index in [9.17, 15) is 9.59 Å². The number of carboxylic acid groups (broad SMARTS) is 1. The van der Waals surface area contributed by atoms with Crippen molar-refractivity contribution < 1.29 is 14.7 Å². The van der Waals surface area contributed by atoms with Crippen molar-refractivity contribution in [1.82, 2.24) is 5.32 Å². The highest BCUT2D eigenvalue weighted by molar-refractivity contribution is 6.02. The number of hydrogen-bond acceptors (Lipinski definition) is 3. The van der Waals surface area contributed by atoms with Crippen LogP contribution < -0.4 is 5.32 Å². The number of benzene rings is 1. The lowest BCUT2D eigenvalue weighted by Gasteiger charge is -2.17. The van der Waals surface area contributed by atoms with E-state index in [1.165, 1.54) is 0 Å². The normalized spacial score (nSPS) is 12.2. The molecule has 1 atom stereocenters. The van der Waals surface area contributed by atoms with Crippen molar-refractivity contribution in [2.75, 3.05) is 7.05 Å². The largest absolute Gasteiger partial charge is 0.481 e. The van der Waals surface area contributed by atoms with E-state index in [0.29, 0.717) is 12.0 Å². The lowest BCUT2D eigenvalue weighted by atomic mass is 9.92. The summed E-state index contributed by atoms with van der Waals surface area (Å²) in [6.07, 6.45) is 0.290. The summed E-state index contributed by atoms with van der Waals surface area (Å²) in [6.45, 7) is 5.82. The molecule has 0 fully saturated rings. The summed E-state index contributed by atoms with van der Waals surface area (Å²) >= 11 is 0. The van der Waals surface area contributed by atoms with Crippen molar-refractivity contribution in [3.63, 3.8) is 0 Å². The fraction of sp³-hybridized carbons (Fsp3) is 0.467. The van der Waals surface area contributed by atoms with Crippen molar-refractivity contribution >= 4 is 11.8 Å². The Labute approximate surface area is 113 Å². The van der Waals surface area contributed by atoms with E-state index in [1.54, 1.807) is 7.05 Å². The van der Waals surface area contributed by atoms with Crippen LogP contribution in [0, 0.1) is 20.8 Å². The number of carbonyl (C=O) groups excluding carboxylic acids is 1. The van der Waals surface area contributed by atoms with Gasteiger partial charge in [-0.05, 0) is 45.4 Å². The van der Waals surface area contributed by atoms with Gasteiger partial charge in [-0.2, -0.15) is 0 Å². The summed E-state index contributed by atoms with van der Waals surface area (Å²) in [5.74, 6) is -0.913. The molecule has 4 nitrogen and oxygen atoms in total. The standard InChI is InChI=1S/C15H21NO3/c1-9-7-10(2)14(11(3)8-9)15(19)12(16-4)5-6-13(17)18/h7-8,12,16H,5-6H2,1-4H3,(H,17,18). The first-order valence-corrected chi connectivity index (χ1v) is 6.38. The monoisotopic (exact) mass is 263 g/mol. The molecule has 4 heteroatoms. The topological polar surface area (TPSA) is 66.4 Å². The predicted octanol–water partition coefficient (Wildman–Crippen LogP) is 2.25. The lowest BCUT2D eigenvalue weighted by Crippen LogP contribution is -2.35. The first kappa shape index (κ1) is 15.4. The minimum absolute atomic E-state index is 0.0127. The van der Waals surface area contributed by atoms with Gasteiger partial charge in [0, 0.05) is 12.0 Å². The summed E-state index contributed by atoms with van der Waals surface area (Å²) in [5, 5.41) is 11.6. The highest BCUT2D eigenvalue weighted by Gasteiger charge is 2.22. The third kappa shape index (κ3) is 3.89. The summed E-state index contributed by atoms with van der Waals surface area (Å²) < 4.78 is 0. The predicted molar refractivity (Wildman–Crippen MR) is 74.7 cm³/mol. The van der Waals surface area contributed by atoms with Crippen LogP contribution in [0.25, 0.3) is 0 Å². The van der Waals surface area contributed by atoms with Crippen molar-refractivity contribution in [2.45, 2.75) is 39.7 Å². The van der Waals surface area contributed by atoms with Crippen LogP contribution in [-0.2, 0) is 4.79 Å². The van der Waals surface area contributed by atoms with Gasteiger partial charge in [0.2, 0.25) is 0 Å². The third-order valence-corrected chi connectivity index (χ3v) is 3.24. The van der Waals surface area contributed by atoms with Crippen LogP contribution in [0.15, 0.2) is 12.1 Å². The van der Waals surface area contributed by atoms with E-state index >= 15 is 0 Å². The maximum Gasteiger partial charge on any atom is 0.303 e. The van der Waals surface area contributed by atoms with Gasteiger partial charge in [-0.3, -0.25) is 9.59 Å². The molecule has 0 saturated carbocycles. The third-order valence-electron chi connectivity index (χ3n) is 3.24. The van der Waals surface area contributed by atoms with Gasteiger partial charge in [-0.15, -0.1) is 0 Å². The Morgan fingerprint density at radius 3 is 2.16 bits per heavy atom. The number of aryl methyl sites for hydroxylation is 3. The second-order valence-corrected chi connectivity index (χ2v) is 4.91. The van der Waals surface area contributed by atoms with Crippen molar-refractivity contribution in [2.24, 2.45) is 0 Å². The van der Waals surface area contributed by atoms with E-state index in [-0.39, 0.29) is 12.2 Å². The number of rotatable bonds is 6. The second-order valence-electron chi connectivity index (χ2n) is 4.91. The molecule has 104 valence electrons. The molecule has 19 heavy (non-hydrogen) atoms. The van der Waals surface area contributed by atoms with Crippen molar-refractivity contribution in [1.29, 1.82) is 0 Å². The Morgan fingerprint density at radius 1 is 1.21 bits per heavy atom. The van der Waals surface area contributed by atoms with Gasteiger partial charge in [0.25, 0.3) is 0 Å². The quantitative estimate of drug-likeness (QED) is 0.772. The molecular weight excluding hydrogens is 242 g/mol. The Kier molecular flexibility index (Phi) is 5.24. The van der Waals surface area contributed by atoms with Crippen LogP contribution in [0.4, 0.5) is 0 Å². The maximum absolute atomic E-state index is 12.5. The number of Topliss-reactive ketones (excluding diaryl/α,β-unsaturated/α-hetero) is 1. The van der Waals surface area contributed by atoms with Crippen LogP contribution in [0.2, 0.25) is 0 Å². The summed E-state index contributed by atoms with van der Waals surface area (Å²) in [6, 6.07) is 3.50. The number of hydrogen-bond donors (Lipinski definition) is 2. The minimum Gasteiger partial charge on any atom is -0.481 e. The number of carboxylic acids is 1. The molecule has 1 aromatic carbocycles. The van der Waals surface area contributed by atoms with E-state index in [2.05, 4.69) is 5.32 Å². The fourth-order valence-electron chi connectivity index (χ4n) is 2.42. The molecule has 0 aliphatic rings. The molecule has 2 N–H and O–H groups in total. The average molecular weight is 263 g/mol. The molecule has 0 amide bonds. The molecule has 0 spiro atoms. The highest BCUT2D eigenvalue weighted by atomic mass is 16.4. The van der Waals surface area contributed by atoms with Crippen LogP contribution in [0.1, 0.15) is 39.9 Å². The molecule has 0 aromatic heterocycles. The zero-order valence-electron chi connectivity index (χ0n) is 11.9. The van der Waals surface area contributed by atoms with Gasteiger partial charge < -0.3 is 10.4 Å².